The third kappa shape index (κ3) is 8.30. The summed E-state index contributed by atoms with van der Waals surface area (Å²) < 4.78 is 68.9. The molecule has 1 saturated carbocycles. The molecule has 0 aromatic heterocycles. The van der Waals surface area contributed by atoms with Gasteiger partial charge in [0.25, 0.3) is 0 Å². The number of alkyl halides is 3. The van der Waals surface area contributed by atoms with E-state index in [2.05, 4.69) is 11.7 Å². The van der Waals surface area contributed by atoms with Crippen LogP contribution >= 0.6 is 0 Å². The molecule has 2 fully saturated rings. The maximum Gasteiger partial charge on any atom is 0.573 e. The van der Waals surface area contributed by atoms with Crippen LogP contribution in [0.5, 0.6) is 5.75 Å². The van der Waals surface area contributed by atoms with E-state index in [-0.39, 0.29) is 5.56 Å². The van der Waals surface area contributed by atoms with Gasteiger partial charge in [-0.1, -0.05) is 107 Å². The van der Waals surface area contributed by atoms with Crippen molar-refractivity contribution < 1.29 is 26.7 Å². The molecule has 0 unspecified atom stereocenters. The van der Waals surface area contributed by atoms with Crippen molar-refractivity contribution in [2.75, 3.05) is 0 Å². The topological polar surface area (TPSA) is 9.23 Å². The van der Waals surface area contributed by atoms with Crippen LogP contribution in [0.3, 0.4) is 0 Å². The van der Waals surface area contributed by atoms with Crippen molar-refractivity contribution in [3.63, 3.8) is 0 Å². The largest absolute Gasteiger partial charge is 0.573 e. The molecule has 4 rings (SSSR count). The second-order valence-electron chi connectivity index (χ2n) is 11.6. The summed E-state index contributed by atoms with van der Waals surface area (Å²) in [6.07, 6.45) is 10.1. The smallest absolute Gasteiger partial charge is 0.399 e. The van der Waals surface area contributed by atoms with E-state index in [9.17, 15) is 22.0 Å². The van der Waals surface area contributed by atoms with Crippen LogP contribution in [0.1, 0.15) is 89.0 Å². The van der Waals surface area contributed by atoms with Crippen LogP contribution in [-0.2, 0) is 0 Å². The van der Waals surface area contributed by atoms with Gasteiger partial charge in [-0.2, -0.15) is 0 Å². The predicted molar refractivity (Wildman–Crippen MR) is 146 cm³/mol. The molecule has 210 valence electrons. The van der Waals surface area contributed by atoms with Gasteiger partial charge in [-0.05, 0) is 59.4 Å². The summed E-state index contributed by atoms with van der Waals surface area (Å²) in [5, 5.41) is 0. The lowest BCUT2D eigenvalue weighted by atomic mass is 9.79. The number of ether oxygens (including phenoxy) is 1. The lowest BCUT2D eigenvalue weighted by molar-refractivity contribution is -0.276. The fourth-order valence-corrected chi connectivity index (χ4v) is 10.2. The highest BCUT2D eigenvalue weighted by Gasteiger charge is 2.34. The van der Waals surface area contributed by atoms with Crippen LogP contribution in [0.25, 0.3) is 11.1 Å². The molecule has 1 aliphatic heterocycles. The molecule has 0 bridgehead atoms. The van der Waals surface area contributed by atoms with E-state index in [1.807, 2.05) is 12.1 Å². The van der Waals surface area contributed by atoms with Crippen molar-refractivity contribution in [3.05, 3.63) is 53.6 Å². The van der Waals surface area contributed by atoms with E-state index in [4.69, 9.17) is 0 Å². The first-order valence-corrected chi connectivity index (χ1v) is 17.0. The van der Waals surface area contributed by atoms with Crippen LogP contribution in [0.4, 0.5) is 22.0 Å². The average Bonchev–Trinajstić information content (AvgIpc) is 2.90. The minimum absolute atomic E-state index is 0.187. The highest BCUT2D eigenvalue weighted by Crippen LogP contribution is 2.39. The molecule has 1 heterocycles. The Hall–Kier alpha value is -1.89. The van der Waals surface area contributed by atoms with Crippen LogP contribution in [0.2, 0.25) is 18.1 Å². The van der Waals surface area contributed by atoms with Crippen molar-refractivity contribution in [2.45, 2.75) is 108 Å². The molecule has 2 aromatic rings. The Morgan fingerprint density at radius 3 is 1.92 bits per heavy atom. The number of rotatable bonds is 10. The molecule has 7 heteroatoms. The van der Waals surface area contributed by atoms with Gasteiger partial charge >= 0.3 is 6.36 Å². The molecule has 0 amide bonds. The van der Waals surface area contributed by atoms with Gasteiger partial charge in [-0.3, -0.25) is 0 Å². The van der Waals surface area contributed by atoms with E-state index in [0.29, 0.717) is 11.5 Å². The second-order valence-corrected chi connectivity index (χ2v) is 15.1. The maximum atomic E-state index is 14.1. The zero-order valence-electron chi connectivity index (χ0n) is 22.5. The van der Waals surface area contributed by atoms with Gasteiger partial charge in [-0.25, -0.2) is 8.78 Å². The fraction of sp³-hybridized carbons (Fsp3) is 0.613. The van der Waals surface area contributed by atoms with Crippen LogP contribution in [-0.4, -0.2) is 15.2 Å². The van der Waals surface area contributed by atoms with Crippen molar-refractivity contribution in [1.82, 2.24) is 0 Å². The highest BCUT2D eigenvalue weighted by atomic mass is 28.3. The average molecular weight is 553 g/mol. The lowest BCUT2D eigenvalue weighted by Gasteiger charge is -2.31. The Morgan fingerprint density at radius 2 is 1.37 bits per heavy atom. The van der Waals surface area contributed by atoms with Gasteiger partial charge in [0.2, 0.25) is 5.75 Å². The van der Waals surface area contributed by atoms with E-state index in [0.717, 1.165) is 24.0 Å². The number of unbranched alkanes of at least 4 members (excludes halogenated alkanes) is 2. The Bertz CT molecular complexity index is 983. The van der Waals surface area contributed by atoms with Gasteiger partial charge in [-0.15, -0.1) is 13.2 Å². The number of hydrogen-bond acceptors (Lipinski definition) is 1. The minimum Gasteiger partial charge on any atom is -0.399 e. The van der Waals surface area contributed by atoms with Gasteiger partial charge in [0.1, 0.15) is 0 Å². The summed E-state index contributed by atoms with van der Waals surface area (Å²) in [5.41, 5.74) is 1.99. The summed E-state index contributed by atoms with van der Waals surface area (Å²) >= 11 is 0. The Balaban J connectivity index is 1.22. The molecule has 1 aliphatic carbocycles. The normalized spacial score (nSPS) is 24.4. The zero-order chi connectivity index (χ0) is 27.1. The number of halogens is 5. The predicted octanol–water partition coefficient (Wildman–Crippen LogP) is 10.4. The third-order valence-electron chi connectivity index (χ3n) is 8.94. The van der Waals surface area contributed by atoms with Crippen molar-refractivity contribution in [3.8, 4) is 16.9 Å². The van der Waals surface area contributed by atoms with Crippen molar-refractivity contribution in [2.24, 2.45) is 11.8 Å². The first kappa shape index (κ1) is 29.1. The summed E-state index contributed by atoms with van der Waals surface area (Å²) in [5.74, 6) is -1.71. The van der Waals surface area contributed by atoms with Gasteiger partial charge in [0.05, 0.1) is 0 Å². The molecule has 0 N–H and O–H groups in total. The molecule has 0 atom stereocenters. The second kappa shape index (κ2) is 13.4. The van der Waals surface area contributed by atoms with Gasteiger partial charge in [0.15, 0.2) is 11.6 Å². The maximum absolute atomic E-state index is 14.1. The number of hydrogen-bond donors (Lipinski definition) is 0. The summed E-state index contributed by atoms with van der Waals surface area (Å²) in [7, 11) is -0.664. The van der Waals surface area contributed by atoms with Gasteiger partial charge in [0, 0.05) is 8.80 Å². The molecule has 1 nitrogen and oxygen atoms in total. The SMILES string of the molecule is CCCCCC1CCC(CC[SiH]2CCC(c3ccc(-c4cc(F)c(OC(F)(F)F)c(F)c4)cc3)CC2)CC1. The summed E-state index contributed by atoms with van der Waals surface area (Å²) in [6, 6.07) is 13.6. The molecular formula is C31H41F5OSi. The van der Waals surface area contributed by atoms with Crippen molar-refractivity contribution >= 4 is 8.80 Å². The number of benzene rings is 2. The van der Waals surface area contributed by atoms with Crippen molar-refractivity contribution in [1.29, 1.82) is 0 Å². The summed E-state index contributed by atoms with van der Waals surface area (Å²) in [4.78, 5) is 0. The zero-order valence-corrected chi connectivity index (χ0v) is 23.6. The molecule has 1 saturated heterocycles. The van der Waals surface area contributed by atoms with Gasteiger partial charge < -0.3 is 4.74 Å². The van der Waals surface area contributed by atoms with E-state index in [1.54, 1.807) is 12.1 Å². The lowest BCUT2D eigenvalue weighted by Crippen LogP contribution is -2.22. The third-order valence-corrected chi connectivity index (χ3v) is 12.4. The highest BCUT2D eigenvalue weighted by molar-refractivity contribution is 6.59. The molecule has 0 spiro atoms. The molecule has 0 radical (unpaired) electrons. The van der Waals surface area contributed by atoms with E-state index in [1.165, 1.54) is 94.3 Å². The van der Waals surface area contributed by atoms with Crippen LogP contribution in [0, 0.1) is 23.5 Å². The first-order chi connectivity index (χ1) is 18.2. The first-order valence-electron chi connectivity index (χ1n) is 14.6. The Labute approximate surface area is 225 Å². The standard InChI is InChI=1S/C31H41F5OSi/c1-2-3-4-5-22-6-8-23(9-7-22)14-17-38-18-15-26(16-19-38)24-10-12-25(13-11-24)27-20-28(32)30(29(33)21-27)37-31(34,35)36/h10-13,20-23,26,38H,2-9,14-19H2,1H3. The molecule has 2 aromatic carbocycles. The monoisotopic (exact) mass is 552 g/mol. The fourth-order valence-electron chi connectivity index (χ4n) is 6.64. The Morgan fingerprint density at radius 1 is 0.789 bits per heavy atom. The molecule has 2 aliphatic rings. The molecule has 38 heavy (non-hydrogen) atoms. The van der Waals surface area contributed by atoms with Crippen LogP contribution < -0.4 is 4.74 Å². The van der Waals surface area contributed by atoms with E-state index < -0.39 is 32.5 Å². The Kier molecular flexibility index (Phi) is 10.3. The summed E-state index contributed by atoms with van der Waals surface area (Å²) in [6.45, 7) is 2.28. The quantitative estimate of drug-likeness (QED) is 0.162. The van der Waals surface area contributed by atoms with Crippen LogP contribution in [0.15, 0.2) is 36.4 Å². The minimum atomic E-state index is -5.15. The molecular weight excluding hydrogens is 511 g/mol. The van der Waals surface area contributed by atoms with E-state index >= 15 is 0 Å².